The Labute approximate surface area is 236 Å². The minimum Gasteiger partial charge on any atom is -0.456 e. The van der Waals surface area contributed by atoms with Gasteiger partial charge in [0.15, 0.2) is 0 Å². The van der Waals surface area contributed by atoms with E-state index < -0.39 is 0 Å². The van der Waals surface area contributed by atoms with Gasteiger partial charge in [0, 0.05) is 10.8 Å². The molecule has 0 unspecified atom stereocenters. The number of benzene rings is 7. The van der Waals surface area contributed by atoms with Gasteiger partial charge in [-0.15, -0.1) is 0 Å². The average molecular weight is 504 g/mol. The molecular weight excluding hydrogens is 472 g/mol. The van der Waals surface area contributed by atoms with Gasteiger partial charge in [0.25, 0.3) is 0 Å². The predicted octanol–water partition coefficient (Wildman–Crippen LogP) is 10.9. The molecule has 0 bridgehead atoms. The highest BCUT2D eigenvalue weighted by Crippen LogP contribution is 2.43. The summed E-state index contributed by atoms with van der Waals surface area (Å²) in [6.07, 6.45) is 0. The number of furan rings is 1. The van der Waals surface area contributed by atoms with Crippen LogP contribution >= 0.6 is 0 Å². The third-order valence-electron chi connectivity index (χ3n) is 7.32. The van der Waals surface area contributed by atoms with E-state index in [4.69, 9.17) is 14.0 Å². The SMILES string of the molecule is [2H]c1c([2H])c([2H])c2c(-c3ccc(-c4c([2H])c([2H])c5c(oc6ccccc65)c4[2H])cc3)c3ccccc3c(-c3ccccc3)c2c1[2H]. The summed E-state index contributed by atoms with van der Waals surface area (Å²) in [6, 6.07) is 31.2. The van der Waals surface area contributed by atoms with Crippen molar-refractivity contribution in [3.63, 3.8) is 0 Å². The molecule has 1 heterocycles. The van der Waals surface area contributed by atoms with Crippen molar-refractivity contribution >= 4 is 43.5 Å². The number of fused-ring (bicyclic) bond motifs is 5. The monoisotopic (exact) mass is 503 g/mol. The van der Waals surface area contributed by atoms with Crippen LogP contribution in [0.2, 0.25) is 0 Å². The van der Waals surface area contributed by atoms with Crippen LogP contribution in [-0.4, -0.2) is 0 Å². The number of para-hydroxylation sites is 1. The molecule has 0 atom stereocenters. The van der Waals surface area contributed by atoms with E-state index in [1.165, 1.54) is 0 Å². The van der Waals surface area contributed by atoms with Crippen LogP contribution in [0.4, 0.5) is 0 Å². The summed E-state index contributed by atoms with van der Waals surface area (Å²) in [5, 5.41) is 3.74. The van der Waals surface area contributed by atoms with Gasteiger partial charge in [0.05, 0.1) is 9.60 Å². The summed E-state index contributed by atoms with van der Waals surface area (Å²) in [7, 11) is 0. The molecule has 0 fully saturated rings. The Morgan fingerprint density at radius 3 is 1.64 bits per heavy atom. The fourth-order valence-corrected chi connectivity index (χ4v) is 5.56. The molecule has 0 N–H and O–H groups in total. The minimum absolute atomic E-state index is 0.000452. The zero-order valence-electron chi connectivity index (χ0n) is 27.7. The van der Waals surface area contributed by atoms with Crippen LogP contribution in [0.5, 0.6) is 0 Å². The van der Waals surface area contributed by atoms with Gasteiger partial charge < -0.3 is 4.42 Å². The van der Waals surface area contributed by atoms with Gasteiger partial charge in [-0.1, -0.05) is 127 Å². The molecule has 39 heavy (non-hydrogen) atoms. The van der Waals surface area contributed by atoms with E-state index in [9.17, 15) is 0 Å². The fraction of sp³-hybridized carbons (Fsp3) is 0. The molecule has 0 saturated carbocycles. The van der Waals surface area contributed by atoms with E-state index in [-0.39, 0.29) is 47.9 Å². The van der Waals surface area contributed by atoms with E-state index in [2.05, 4.69) is 0 Å². The second-order valence-corrected chi connectivity index (χ2v) is 9.54. The second kappa shape index (κ2) is 8.72. The molecule has 8 rings (SSSR count). The molecule has 182 valence electrons. The van der Waals surface area contributed by atoms with E-state index in [0.29, 0.717) is 43.8 Å². The molecule has 0 amide bonds. The maximum absolute atomic E-state index is 9.06. The lowest BCUT2D eigenvalue weighted by Crippen LogP contribution is -1.90. The van der Waals surface area contributed by atoms with Crippen molar-refractivity contribution in [3.05, 3.63) is 145 Å². The molecule has 0 aliphatic carbocycles. The summed E-state index contributed by atoms with van der Waals surface area (Å²) >= 11 is 0. The minimum atomic E-state index is -0.301. The van der Waals surface area contributed by atoms with Crippen LogP contribution in [0.25, 0.3) is 76.9 Å². The number of hydrogen-bond donors (Lipinski definition) is 0. The van der Waals surface area contributed by atoms with Crippen molar-refractivity contribution in [2.45, 2.75) is 0 Å². The normalized spacial score (nSPS) is 14.1. The van der Waals surface area contributed by atoms with Crippen molar-refractivity contribution in [3.8, 4) is 33.4 Å². The first kappa shape index (κ1) is 16.0. The molecule has 1 nitrogen and oxygen atoms in total. The van der Waals surface area contributed by atoms with Crippen molar-refractivity contribution in [1.82, 2.24) is 0 Å². The first-order valence-corrected chi connectivity index (χ1v) is 12.8. The lowest BCUT2D eigenvalue weighted by atomic mass is 9.86. The zero-order valence-corrected chi connectivity index (χ0v) is 20.7. The average Bonchev–Trinajstić information content (AvgIpc) is 3.49. The van der Waals surface area contributed by atoms with Gasteiger partial charge in [0.2, 0.25) is 0 Å². The molecule has 0 saturated heterocycles. The molecule has 0 aliphatic heterocycles. The molecule has 7 aromatic carbocycles. The smallest absolute Gasteiger partial charge is 0.136 e. The molecule has 0 spiro atoms. The van der Waals surface area contributed by atoms with Gasteiger partial charge in [-0.2, -0.15) is 0 Å². The van der Waals surface area contributed by atoms with Crippen LogP contribution < -0.4 is 0 Å². The Hall–Kier alpha value is -5.14. The van der Waals surface area contributed by atoms with Crippen LogP contribution in [0.3, 0.4) is 0 Å². The van der Waals surface area contributed by atoms with Crippen LogP contribution in [0, 0.1) is 0 Å². The van der Waals surface area contributed by atoms with Gasteiger partial charge in [-0.25, -0.2) is 0 Å². The first-order chi connectivity index (χ1) is 22.3. The van der Waals surface area contributed by atoms with Crippen molar-refractivity contribution in [2.75, 3.05) is 0 Å². The van der Waals surface area contributed by atoms with Gasteiger partial charge >= 0.3 is 0 Å². The lowest BCUT2D eigenvalue weighted by Gasteiger charge is -2.18. The lowest BCUT2D eigenvalue weighted by molar-refractivity contribution is 0.669. The molecule has 8 aromatic rings. The quantitative estimate of drug-likeness (QED) is 0.219. The van der Waals surface area contributed by atoms with Gasteiger partial charge in [-0.05, 0) is 73.1 Å². The van der Waals surface area contributed by atoms with Crippen LogP contribution in [-0.2, 0) is 0 Å². The van der Waals surface area contributed by atoms with E-state index in [1.807, 2.05) is 84.9 Å². The Kier molecular flexibility index (Phi) is 3.57. The Balaban J connectivity index is 1.41. The molecule has 0 radical (unpaired) electrons. The van der Waals surface area contributed by atoms with Gasteiger partial charge in [0.1, 0.15) is 11.2 Å². The third-order valence-corrected chi connectivity index (χ3v) is 7.32. The maximum Gasteiger partial charge on any atom is 0.136 e. The third kappa shape index (κ3) is 3.48. The largest absolute Gasteiger partial charge is 0.456 e. The summed E-state index contributed by atoms with van der Waals surface area (Å²) < 4.78 is 67.8. The standard InChI is InChI=1S/C38H24O/c1-2-10-26(11-3-1)37-31-13-4-6-15-33(31)38(34-16-7-5-14-32(34)37)27-20-18-25(19-21-27)28-22-23-30-29-12-8-9-17-35(29)39-36(30)24-28/h1-24H/i4D,6D,13D,15D,22D,23D,24D. The summed E-state index contributed by atoms with van der Waals surface area (Å²) in [4.78, 5) is 0. The molecule has 1 heteroatoms. The van der Waals surface area contributed by atoms with Crippen LogP contribution in [0.15, 0.2) is 150 Å². The molecule has 0 aliphatic rings. The van der Waals surface area contributed by atoms with Crippen LogP contribution in [0.1, 0.15) is 9.60 Å². The maximum atomic E-state index is 9.06. The molecule has 1 aromatic heterocycles. The molecular formula is C38H24O. The summed E-state index contributed by atoms with van der Waals surface area (Å²) in [5.41, 5.74) is 4.70. The fourth-order valence-electron chi connectivity index (χ4n) is 5.56. The number of rotatable bonds is 3. The van der Waals surface area contributed by atoms with Gasteiger partial charge in [-0.3, -0.25) is 0 Å². The Morgan fingerprint density at radius 1 is 0.385 bits per heavy atom. The topological polar surface area (TPSA) is 13.1 Å². The summed E-state index contributed by atoms with van der Waals surface area (Å²) in [6.45, 7) is 0. The van der Waals surface area contributed by atoms with Crippen molar-refractivity contribution < 1.29 is 14.0 Å². The van der Waals surface area contributed by atoms with E-state index in [0.717, 1.165) is 27.5 Å². The van der Waals surface area contributed by atoms with Crippen molar-refractivity contribution in [2.24, 2.45) is 0 Å². The van der Waals surface area contributed by atoms with E-state index in [1.54, 1.807) is 18.2 Å². The first-order valence-electron chi connectivity index (χ1n) is 16.3. The van der Waals surface area contributed by atoms with Crippen molar-refractivity contribution in [1.29, 1.82) is 0 Å². The highest BCUT2D eigenvalue weighted by Gasteiger charge is 2.16. The predicted molar refractivity (Wildman–Crippen MR) is 165 cm³/mol. The van der Waals surface area contributed by atoms with E-state index >= 15 is 0 Å². The Bertz CT molecular complexity index is 2540. The second-order valence-electron chi connectivity index (χ2n) is 9.54. The summed E-state index contributed by atoms with van der Waals surface area (Å²) in [5.74, 6) is 0. The number of hydrogen-bond acceptors (Lipinski definition) is 1. The highest BCUT2D eigenvalue weighted by atomic mass is 16.3. The Morgan fingerprint density at radius 2 is 0.949 bits per heavy atom. The zero-order chi connectivity index (χ0) is 31.9. The highest BCUT2D eigenvalue weighted by molar-refractivity contribution is 6.21.